The largest absolute Gasteiger partial charge is 0.310 e. The molecule has 1 heteroatoms. The first-order chi connectivity index (χ1) is 24.5. The number of hydrogen-bond acceptors (Lipinski definition) is 1. The molecule has 0 atom stereocenters. The van der Waals surface area contributed by atoms with Gasteiger partial charge in [-0.3, -0.25) is 0 Å². The lowest BCUT2D eigenvalue weighted by molar-refractivity contribution is -0.00277. The van der Waals surface area contributed by atoms with Crippen LogP contribution >= 0.6 is 0 Å². The van der Waals surface area contributed by atoms with Crippen LogP contribution in [0.4, 0.5) is 17.1 Å². The zero-order valence-electron chi connectivity index (χ0n) is 29.2. The van der Waals surface area contributed by atoms with E-state index in [0.717, 1.165) is 29.6 Å². The molecule has 4 fully saturated rings. The summed E-state index contributed by atoms with van der Waals surface area (Å²) in [5.41, 5.74) is 15.6. The maximum atomic E-state index is 2.52. The van der Waals surface area contributed by atoms with Gasteiger partial charge in [0.25, 0.3) is 0 Å². The Hall–Kier alpha value is -4.88. The highest BCUT2D eigenvalue weighted by atomic mass is 15.1. The van der Waals surface area contributed by atoms with Crippen LogP contribution in [0.5, 0.6) is 0 Å². The van der Waals surface area contributed by atoms with Crippen LogP contribution in [-0.4, -0.2) is 0 Å². The van der Waals surface area contributed by atoms with Crippen molar-refractivity contribution in [3.8, 4) is 33.4 Å². The standard InChI is InChI=1S/C49H45N/c1-49(2)45-18-10-8-16-42(45)43-25-24-39(31-46(43)49)50(38-22-20-35(21-23-38)48-36-27-32-26-33(29-36)30-37(48)28-32)47-19-11-9-17-44(47)41-15-7-6-14-40(41)34-12-4-3-5-13-34/h3-25,31-33,36-37,48H,26-30H2,1-2H3. The quantitative estimate of drug-likeness (QED) is 0.174. The number of benzene rings is 6. The summed E-state index contributed by atoms with van der Waals surface area (Å²) in [6.45, 7) is 4.77. The molecule has 0 aliphatic heterocycles. The second-order valence-corrected chi connectivity index (χ2v) is 16.2. The number of hydrogen-bond donors (Lipinski definition) is 0. The van der Waals surface area contributed by atoms with Crippen molar-refractivity contribution >= 4 is 17.1 Å². The smallest absolute Gasteiger partial charge is 0.0540 e. The van der Waals surface area contributed by atoms with Crippen LogP contribution in [0.3, 0.4) is 0 Å². The lowest BCUT2D eigenvalue weighted by Gasteiger charge is -2.54. The maximum absolute atomic E-state index is 2.52. The summed E-state index contributed by atoms with van der Waals surface area (Å²) in [7, 11) is 0. The van der Waals surface area contributed by atoms with Gasteiger partial charge in [-0.2, -0.15) is 0 Å². The first-order valence-corrected chi connectivity index (χ1v) is 18.9. The van der Waals surface area contributed by atoms with Crippen LogP contribution < -0.4 is 4.90 Å². The van der Waals surface area contributed by atoms with Crippen molar-refractivity contribution in [2.45, 2.75) is 57.3 Å². The summed E-state index contributed by atoms with van der Waals surface area (Å²) in [6.07, 6.45) is 7.31. The molecule has 5 aliphatic rings. The van der Waals surface area contributed by atoms with Gasteiger partial charge in [0, 0.05) is 22.4 Å². The van der Waals surface area contributed by atoms with Gasteiger partial charge in [-0.05, 0) is 137 Å². The summed E-state index contributed by atoms with van der Waals surface area (Å²) >= 11 is 0. The number of rotatable bonds is 6. The highest BCUT2D eigenvalue weighted by Crippen LogP contribution is 2.60. The van der Waals surface area contributed by atoms with Crippen LogP contribution in [0.2, 0.25) is 0 Å². The van der Waals surface area contributed by atoms with Crippen molar-refractivity contribution in [1.82, 2.24) is 0 Å². The van der Waals surface area contributed by atoms with Gasteiger partial charge in [-0.1, -0.05) is 129 Å². The summed E-state index contributed by atoms with van der Waals surface area (Å²) in [4.78, 5) is 2.52. The number of nitrogens with zero attached hydrogens (tertiary/aromatic N) is 1. The Bertz CT molecular complexity index is 2180. The molecule has 5 aliphatic carbocycles. The van der Waals surface area contributed by atoms with Gasteiger partial charge in [0.1, 0.15) is 0 Å². The molecule has 6 aromatic rings. The second kappa shape index (κ2) is 11.6. The molecule has 1 nitrogen and oxygen atoms in total. The minimum Gasteiger partial charge on any atom is -0.310 e. The average molecular weight is 648 g/mol. The molecule has 0 heterocycles. The first kappa shape index (κ1) is 30.0. The molecule has 0 aromatic heterocycles. The Morgan fingerprint density at radius 2 is 1.02 bits per heavy atom. The second-order valence-electron chi connectivity index (χ2n) is 16.2. The van der Waals surface area contributed by atoms with Crippen LogP contribution in [-0.2, 0) is 5.41 Å². The lowest BCUT2D eigenvalue weighted by Crippen LogP contribution is -2.43. The van der Waals surface area contributed by atoms with E-state index in [4.69, 9.17) is 0 Å². The lowest BCUT2D eigenvalue weighted by atomic mass is 9.51. The Balaban J connectivity index is 1.12. The van der Waals surface area contributed by atoms with Crippen LogP contribution in [0.1, 0.15) is 68.6 Å². The van der Waals surface area contributed by atoms with Crippen molar-refractivity contribution in [1.29, 1.82) is 0 Å². The number of anilines is 3. The molecule has 246 valence electrons. The zero-order chi connectivity index (χ0) is 33.4. The molecule has 11 rings (SSSR count). The molecular formula is C49H45N. The minimum atomic E-state index is -0.0731. The molecule has 0 saturated heterocycles. The van der Waals surface area contributed by atoms with Crippen molar-refractivity contribution in [2.75, 3.05) is 4.90 Å². The third kappa shape index (κ3) is 4.73. The molecule has 0 spiro atoms. The van der Waals surface area contributed by atoms with Crippen molar-refractivity contribution < 1.29 is 0 Å². The van der Waals surface area contributed by atoms with Gasteiger partial charge < -0.3 is 4.90 Å². The van der Waals surface area contributed by atoms with Gasteiger partial charge in [-0.15, -0.1) is 0 Å². The Morgan fingerprint density at radius 1 is 0.460 bits per heavy atom. The van der Waals surface area contributed by atoms with Gasteiger partial charge in [0.05, 0.1) is 5.69 Å². The summed E-state index contributed by atoms with van der Waals surface area (Å²) in [6, 6.07) is 54.7. The summed E-state index contributed by atoms with van der Waals surface area (Å²) < 4.78 is 0. The SMILES string of the molecule is CC1(C)c2ccccc2-c2ccc(N(c3ccc(C4C5CC6CC(C5)CC4C6)cc3)c3ccccc3-c3ccccc3-c3ccccc3)cc21. The molecule has 50 heavy (non-hydrogen) atoms. The molecule has 4 bridgehead atoms. The van der Waals surface area contributed by atoms with Crippen molar-refractivity contribution in [3.05, 3.63) is 162 Å². The topological polar surface area (TPSA) is 3.24 Å². The Kier molecular flexibility index (Phi) is 6.95. The normalized spacial score (nSPS) is 23.8. The first-order valence-electron chi connectivity index (χ1n) is 18.9. The number of fused-ring (bicyclic) bond motifs is 3. The van der Waals surface area contributed by atoms with Crippen molar-refractivity contribution in [3.63, 3.8) is 0 Å². The zero-order valence-corrected chi connectivity index (χ0v) is 29.2. The maximum Gasteiger partial charge on any atom is 0.0540 e. The molecule has 0 amide bonds. The van der Waals surface area contributed by atoms with E-state index in [0.29, 0.717) is 0 Å². The van der Waals surface area contributed by atoms with Crippen molar-refractivity contribution in [2.24, 2.45) is 23.7 Å². The van der Waals surface area contributed by atoms with Crippen LogP contribution in [0.15, 0.2) is 146 Å². The fourth-order valence-corrected chi connectivity index (χ4v) is 11.1. The third-order valence-corrected chi connectivity index (χ3v) is 13.0. The van der Waals surface area contributed by atoms with Crippen LogP contribution in [0, 0.1) is 23.7 Å². The van der Waals surface area contributed by atoms with Gasteiger partial charge in [0.15, 0.2) is 0 Å². The Morgan fingerprint density at radius 3 is 1.74 bits per heavy atom. The minimum absolute atomic E-state index is 0.0731. The van der Waals surface area contributed by atoms with E-state index in [1.807, 2.05) is 0 Å². The van der Waals surface area contributed by atoms with Crippen LogP contribution in [0.25, 0.3) is 33.4 Å². The van der Waals surface area contributed by atoms with E-state index in [2.05, 4.69) is 164 Å². The fourth-order valence-electron chi connectivity index (χ4n) is 11.1. The number of para-hydroxylation sites is 1. The van der Waals surface area contributed by atoms with E-state index >= 15 is 0 Å². The van der Waals surface area contributed by atoms with Gasteiger partial charge in [0.2, 0.25) is 0 Å². The van der Waals surface area contributed by atoms with Gasteiger partial charge >= 0.3 is 0 Å². The van der Waals surface area contributed by atoms with E-state index < -0.39 is 0 Å². The molecular weight excluding hydrogens is 603 g/mol. The third-order valence-electron chi connectivity index (χ3n) is 13.0. The van der Waals surface area contributed by atoms with E-state index in [1.165, 1.54) is 93.7 Å². The van der Waals surface area contributed by atoms with E-state index in [1.54, 1.807) is 5.56 Å². The highest BCUT2D eigenvalue weighted by molar-refractivity contribution is 5.94. The predicted octanol–water partition coefficient (Wildman–Crippen LogP) is 13.3. The molecule has 4 saturated carbocycles. The summed E-state index contributed by atoms with van der Waals surface area (Å²) in [5, 5.41) is 0. The molecule has 0 N–H and O–H groups in total. The Labute approximate surface area is 297 Å². The highest BCUT2D eigenvalue weighted by Gasteiger charge is 2.48. The monoisotopic (exact) mass is 647 g/mol. The van der Waals surface area contributed by atoms with Gasteiger partial charge in [-0.25, -0.2) is 0 Å². The summed E-state index contributed by atoms with van der Waals surface area (Å²) in [5.74, 6) is 4.48. The molecule has 6 aromatic carbocycles. The van der Waals surface area contributed by atoms with E-state index in [9.17, 15) is 0 Å². The molecule has 0 radical (unpaired) electrons. The predicted molar refractivity (Wildman–Crippen MR) is 209 cm³/mol. The molecule has 0 unspecified atom stereocenters. The fraction of sp³-hybridized carbons (Fsp3) is 0.265. The van der Waals surface area contributed by atoms with E-state index in [-0.39, 0.29) is 5.41 Å². The average Bonchev–Trinajstić information content (AvgIpc) is 3.38.